The van der Waals surface area contributed by atoms with E-state index >= 15 is 0 Å². The van der Waals surface area contributed by atoms with Gasteiger partial charge >= 0.3 is 0 Å². The van der Waals surface area contributed by atoms with Gasteiger partial charge in [-0.2, -0.15) is 0 Å². The van der Waals surface area contributed by atoms with Gasteiger partial charge in [0.1, 0.15) is 23.9 Å². The molecule has 4 amide bonds. The highest BCUT2D eigenvalue weighted by Crippen LogP contribution is 2.26. The monoisotopic (exact) mass is 526 g/mol. The van der Waals surface area contributed by atoms with Crippen molar-refractivity contribution in [1.82, 2.24) is 15.5 Å². The van der Waals surface area contributed by atoms with Crippen LogP contribution in [0.1, 0.15) is 39.7 Å². The molecule has 204 valence electrons. The van der Waals surface area contributed by atoms with Crippen LogP contribution in [0, 0.1) is 11.2 Å². The minimum Gasteiger partial charge on any atom is -0.391 e. The van der Waals surface area contributed by atoms with Crippen molar-refractivity contribution in [2.45, 2.75) is 64.8 Å². The molecular weight excluding hydrogens is 491 g/mol. The van der Waals surface area contributed by atoms with E-state index in [1.54, 1.807) is 45.0 Å². The minimum atomic E-state index is -1.05. The van der Waals surface area contributed by atoms with Crippen molar-refractivity contribution < 1.29 is 28.7 Å². The second kappa shape index (κ2) is 11.7. The molecule has 4 atom stereocenters. The number of β-amino-alcohol motifs (C(OH)–C–C–N with tert-alkyl or cyclic N) is 1. The molecule has 0 unspecified atom stereocenters. The van der Waals surface area contributed by atoms with Crippen molar-refractivity contribution in [3.8, 4) is 11.1 Å². The first-order chi connectivity index (χ1) is 17.8. The number of likely N-dealkylation sites (tertiary alicyclic amines) is 1. The number of carbonyl (C=O) groups is 4. The Labute approximate surface area is 221 Å². The lowest BCUT2D eigenvalue weighted by Crippen LogP contribution is -2.58. The van der Waals surface area contributed by atoms with Gasteiger partial charge in [0, 0.05) is 26.3 Å². The zero-order valence-corrected chi connectivity index (χ0v) is 22.0. The van der Waals surface area contributed by atoms with Crippen LogP contribution in [-0.2, 0) is 25.6 Å². The number of hydrogen-bond donors (Lipinski definition) is 4. The van der Waals surface area contributed by atoms with Gasteiger partial charge in [0.25, 0.3) is 0 Å². The van der Waals surface area contributed by atoms with Crippen molar-refractivity contribution in [2.24, 2.45) is 11.1 Å². The van der Waals surface area contributed by atoms with E-state index in [4.69, 9.17) is 5.73 Å². The van der Waals surface area contributed by atoms with Crippen molar-refractivity contribution in [1.29, 1.82) is 0 Å². The Balaban J connectivity index is 1.73. The molecular formula is C28H35FN4O5. The van der Waals surface area contributed by atoms with Gasteiger partial charge in [0.15, 0.2) is 0 Å². The zero-order valence-electron chi connectivity index (χ0n) is 22.0. The number of carbonyl (C=O) groups excluding carboxylic acids is 4. The summed E-state index contributed by atoms with van der Waals surface area (Å²) in [6.07, 6.45) is -0.824. The van der Waals surface area contributed by atoms with E-state index in [2.05, 4.69) is 10.6 Å². The molecule has 1 aliphatic rings. The van der Waals surface area contributed by atoms with Crippen molar-refractivity contribution in [3.05, 3.63) is 59.9 Å². The number of halogens is 1. The maximum atomic E-state index is 13.4. The Morgan fingerprint density at radius 2 is 1.58 bits per heavy atom. The summed E-state index contributed by atoms with van der Waals surface area (Å²) < 4.78 is 13.2. The number of benzene rings is 2. The lowest BCUT2D eigenvalue weighted by Gasteiger charge is -2.35. The van der Waals surface area contributed by atoms with Gasteiger partial charge in [-0.25, -0.2) is 4.39 Å². The third-order valence-corrected chi connectivity index (χ3v) is 6.56. The number of primary amides is 1. The number of hydrogen-bond acceptors (Lipinski definition) is 5. The Bertz CT molecular complexity index is 1180. The number of amides is 4. The average Bonchev–Trinajstić information content (AvgIpc) is 3.23. The van der Waals surface area contributed by atoms with E-state index in [1.807, 2.05) is 12.1 Å². The van der Waals surface area contributed by atoms with Gasteiger partial charge < -0.3 is 26.4 Å². The fraction of sp³-hybridized carbons (Fsp3) is 0.429. The molecule has 2 aromatic rings. The molecule has 9 nitrogen and oxygen atoms in total. The summed E-state index contributed by atoms with van der Waals surface area (Å²) in [5.41, 5.74) is 7.36. The fourth-order valence-electron chi connectivity index (χ4n) is 4.53. The van der Waals surface area contributed by atoms with E-state index < -0.39 is 53.3 Å². The largest absolute Gasteiger partial charge is 0.391 e. The zero-order chi connectivity index (χ0) is 28.2. The van der Waals surface area contributed by atoms with Crippen LogP contribution in [0.3, 0.4) is 0 Å². The van der Waals surface area contributed by atoms with Gasteiger partial charge in [0.2, 0.25) is 23.6 Å². The minimum absolute atomic E-state index is 0.00758. The van der Waals surface area contributed by atoms with Crippen LogP contribution in [0.25, 0.3) is 11.1 Å². The van der Waals surface area contributed by atoms with Gasteiger partial charge in [-0.1, -0.05) is 57.2 Å². The van der Waals surface area contributed by atoms with Crippen LogP contribution in [0.15, 0.2) is 48.5 Å². The lowest BCUT2D eigenvalue weighted by molar-refractivity contribution is -0.144. The van der Waals surface area contributed by atoms with E-state index in [-0.39, 0.29) is 25.2 Å². The van der Waals surface area contributed by atoms with E-state index in [9.17, 15) is 28.7 Å². The maximum absolute atomic E-state index is 13.4. The summed E-state index contributed by atoms with van der Waals surface area (Å²) in [5, 5.41) is 15.6. The Morgan fingerprint density at radius 3 is 2.08 bits per heavy atom. The summed E-state index contributed by atoms with van der Waals surface area (Å²) in [7, 11) is 0. The highest BCUT2D eigenvalue weighted by molar-refractivity contribution is 5.94. The summed E-state index contributed by atoms with van der Waals surface area (Å²) >= 11 is 0. The quantitative estimate of drug-likeness (QED) is 0.413. The van der Waals surface area contributed by atoms with Crippen LogP contribution in [-0.4, -0.2) is 64.4 Å². The smallest absolute Gasteiger partial charge is 0.246 e. The fourth-order valence-corrected chi connectivity index (χ4v) is 4.53. The van der Waals surface area contributed by atoms with Crippen LogP contribution in [0.5, 0.6) is 0 Å². The number of aliphatic hydroxyl groups excluding tert-OH is 1. The first kappa shape index (κ1) is 28.8. The summed E-state index contributed by atoms with van der Waals surface area (Å²) in [6, 6.07) is 10.3. The number of nitrogens with one attached hydrogen (secondary N) is 2. The molecule has 1 heterocycles. The molecule has 38 heavy (non-hydrogen) atoms. The number of rotatable bonds is 8. The molecule has 0 aliphatic carbocycles. The molecule has 0 spiro atoms. The molecule has 0 aromatic heterocycles. The van der Waals surface area contributed by atoms with Crippen LogP contribution in [0.2, 0.25) is 0 Å². The summed E-state index contributed by atoms with van der Waals surface area (Å²) in [4.78, 5) is 51.8. The number of nitrogens with zero attached hydrogens (tertiary/aromatic N) is 1. The van der Waals surface area contributed by atoms with Gasteiger partial charge in [-0.15, -0.1) is 0 Å². The van der Waals surface area contributed by atoms with E-state index in [0.717, 1.165) is 16.7 Å². The highest BCUT2D eigenvalue weighted by atomic mass is 19.1. The first-order valence-electron chi connectivity index (χ1n) is 12.5. The molecule has 0 radical (unpaired) electrons. The van der Waals surface area contributed by atoms with Gasteiger partial charge in [0.05, 0.1) is 6.10 Å². The molecule has 2 aromatic carbocycles. The lowest BCUT2D eigenvalue weighted by atomic mass is 9.85. The maximum Gasteiger partial charge on any atom is 0.246 e. The molecule has 5 N–H and O–H groups in total. The first-order valence-corrected chi connectivity index (χ1v) is 12.5. The third-order valence-electron chi connectivity index (χ3n) is 6.56. The van der Waals surface area contributed by atoms with Crippen molar-refractivity contribution >= 4 is 23.6 Å². The van der Waals surface area contributed by atoms with E-state index in [0.29, 0.717) is 0 Å². The summed E-state index contributed by atoms with van der Waals surface area (Å²) in [6.45, 7) is 6.60. The van der Waals surface area contributed by atoms with Crippen molar-refractivity contribution in [3.63, 3.8) is 0 Å². The summed E-state index contributed by atoms with van der Waals surface area (Å²) in [5.74, 6) is -2.57. The average molecular weight is 527 g/mol. The highest BCUT2D eigenvalue weighted by Gasteiger charge is 2.44. The van der Waals surface area contributed by atoms with Crippen LogP contribution >= 0.6 is 0 Å². The molecule has 0 bridgehead atoms. The second-order valence-corrected chi connectivity index (χ2v) is 10.8. The van der Waals surface area contributed by atoms with Crippen LogP contribution in [0.4, 0.5) is 4.39 Å². The molecule has 10 heteroatoms. The molecule has 1 saturated heterocycles. The standard InChI is InChI=1S/C28H35FN4O5/c1-16(34)31-24(28(2,3)4)27(38)33-15-21(35)14-23(33)26(37)32-22(25(30)36)13-17-5-7-18(8-6-17)19-9-11-20(29)12-10-19/h5-12,21-24,35H,13-15H2,1-4H3,(H2,30,36)(H,31,34)(H,32,37)/t21-,22-,23+,24-/m1/s1. The number of aliphatic hydroxyl groups is 1. The topological polar surface area (TPSA) is 142 Å². The predicted octanol–water partition coefficient (Wildman–Crippen LogP) is 1.52. The predicted molar refractivity (Wildman–Crippen MR) is 140 cm³/mol. The number of nitrogens with two attached hydrogens (primary N) is 1. The second-order valence-electron chi connectivity index (χ2n) is 10.8. The molecule has 1 aliphatic heterocycles. The molecule has 3 rings (SSSR count). The normalized spacial score (nSPS) is 18.9. The SMILES string of the molecule is CC(=O)N[C@H](C(=O)N1C[C@H](O)C[C@H]1C(=O)N[C@H](Cc1ccc(-c2ccc(F)cc2)cc1)C(N)=O)C(C)(C)C. The third kappa shape index (κ3) is 7.16. The van der Waals surface area contributed by atoms with Crippen LogP contribution < -0.4 is 16.4 Å². The Morgan fingerprint density at radius 1 is 1.03 bits per heavy atom. The van der Waals surface area contributed by atoms with E-state index in [1.165, 1.54) is 24.0 Å². The van der Waals surface area contributed by atoms with Gasteiger partial charge in [-0.05, 0) is 34.2 Å². The van der Waals surface area contributed by atoms with Gasteiger partial charge in [-0.3, -0.25) is 19.2 Å². The van der Waals surface area contributed by atoms with Crippen molar-refractivity contribution in [2.75, 3.05) is 6.54 Å². The molecule has 0 saturated carbocycles. The Hall–Kier alpha value is -3.79. The molecule has 1 fully saturated rings. The Kier molecular flexibility index (Phi) is 8.88.